The van der Waals surface area contributed by atoms with Crippen LogP contribution in [0.15, 0.2) is 18.2 Å². The normalized spacial score (nSPS) is 16.8. The molecule has 1 aromatic rings. The van der Waals surface area contributed by atoms with Crippen molar-refractivity contribution in [2.24, 2.45) is 0 Å². The predicted molar refractivity (Wildman–Crippen MR) is 86.5 cm³/mol. The molecule has 116 valence electrons. The van der Waals surface area contributed by atoms with Gasteiger partial charge in [0.15, 0.2) is 5.78 Å². The first-order valence-electron chi connectivity index (χ1n) is 7.69. The summed E-state index contributed by atoms with van der Waals surface area (Å²) in [7, 11) is 3.63. The van der Waals surface area contributed by atoms with Crippen molar-refractivity contribution in [1.29, 1.82) is 0 Å². The summed E-state index contributed by atoms with van der Waals surface area (Å²) in [6.45, 7) is 0.452. The number of rotatable bonds is 5. The first kappa shape index (κ1) is 16.3. The van der Waals surface area contributed by atoms with E-state index in [1.54, 1.807) is 25.3 Å². The zero-order chi connectivity index (χ0) is 15.2. The molecule has 0 aromatic heterocycles. The first-order valence-corrected chi connectivity index (χ1v) is 8.06. The maximum atomic E-state index is 12.4. The number of halogens is 1. The van der Waals surface area contributed by atoms with E-state index in [0.717, 1.165) is 0 Å². The number of Topliss-reactive ketones (excluding diaryl/α,β-unsaturated/α-hetero) is 1. The van der Waals surface area contributed by atoms with Gasteiger partial charge in [0, 0.05) is 11.6 Å². The summed E-state index contributed by atoms with van der Waals surface area (Å²) in [6.07, 6.45) is 7.61. The van der Waals surface area contributed by atoms with Crippen molar-refractivity contribution in [3.8, 4) is 5.75 Å². The number of benzene rings is 1. The first-order chi connectivity index (χ1) is 10.1. The van der Waals surface area contributed by atoms with E-state index in [4.69, 9.17) is 16.3 Å². The lowest BCUT2D eigenvalue weighted by Crippen LogP contribution is -2.35. The Hall–Kier alpha value is -1.06. The van der Waals surface area contributed by atoms with Crippen LogP contribution in [-0.2, 0) is 0 Å². The number of carbonyl (C=O) groups excluding carboxylic acids is 1. The minimum absolute atomic E-state index is 0.117. The number of ether oxygens (including phenoxy) is 1. The molecule has 0 saturated heterocycles. The summed E-state index contributed by atoms with van der Waals surface area (Å²) in [5.41, 5.74) is 0.654. The molecule has 1 aliphatic rings. The quantitative estimate of drug-likeness (QED) is 0.603. The van der Waals surface area contributed by atoms with E-state index in [-0.39, 0.29) is 5.78 Å². The van der Waals surface area contributed by atoms with E-state index < -0.39 is 0 Å². The molecule has 0 heterocycles. The zero-order valence-corrected chi connectivity index (χ0v) is 13.7. The Morgan fingerprint density at radius 3 is 2.52 bits per heavy atom. The van der Waals surface area contributed by atoms with Crippen molar-refractivity contribution in [3.05, 3.63) is 28.8 Å². The average molecular weight is 310 g/mol. The minimum Gasteiger partial charge on any atom is -0.495 e. The van der Waals surface area contributed by atoms with Crippen LogP contribution in [0.25, 0.3) is 0 Å². The maximum absolute atomic E-state index is 12.4. The van der Waals surface area contributed by atoms with Crippen molar-refractivity contribution < 1.29 is 9.53 Å². The van der Waals surface area contributed by atoms with Crippen molar-refractivity contribution in [1.82, 2.24) is 4.90 Å². The van der Waals surface area contributed by atoms with Gasteiger partial charge in [0.05, 0.1) is 18.7 Å². The van der Waals surface area contributed by atoms with E-state index >= 15 is 0 Å². The molecule has 0 aliphatic heterocycles. The lowest BCUT2D eigenvalue weighted by atomic mass is 10.1. The second-order valence-electron chi connectivity index (χ2n) is 5.83. The van der Waals surface area contributed by atoms with Gasteiger partial charge in [-0.3, -0.25) is 9.69 Å². The molecule has 0 atom stereocenters. The molecule has 2 rings (SSSR count). The van der Waals surface area contributed by atoms with E-state index in [1.807, 2.05) is 0 Å². The van der Waals surface area contributed by atoms with Gasteiger partial charge in [-0.05, 0) is 38.1 Å². The van der Waals surface area contributed by atoms with E-state index in [0.29, 0.717) is 28.9 Å². The highest BCUT2D eigenvalue weighted by Crippen LogP contribution is 2.26. The minimum atomic E-state index is 0.117. The molecule has 0 bridgehead atoms. The van der Waals surface area contributed by atoms with Gasteiger partial charge in [0.1, 0.15) is 5.75 Å². The number of likely N-dealkylation sites (N-methyl/N-ethyl adjacent to an activating group) is 1. The summed E-state index contributed by atoms with van der Waals surface area (Å²) in [4.78, 5) is 14.6. The van der Waals surface area contributed by atoms with Crippen molar-refractivity contribution in [2.75, 3.05) is 20.7 Å². The summed E-state index contributed by atoms with van der Waals surface area (Å²) in [5.74, 6) is 0.719. The van der Waals surface area contributed by atoms with Crippen molar-refractivity contribution >= 4 is 17.4 Å². The largest absolute Gasteiger partial charge is 0.495 e. The molecule has 4 heteroatoms. The number of carbonyl (C=O) groups is 1. The average Bonchev–Trinajstić information content (AvgIpc) is 2.76. The topological polar surface area (TPSA) is 29.5 Å². The lowest BCUT2D eigenvalue weighted by molar-refractivity contribution is 0.0912. The number of ketones is 1. The van der Waals surface area contributed by atoms with Crippen molar-refractivity contribution in [3.63, 3.8) is 0 Å². The van der Waals surface area contributed by atoms with Crippen molar-refractivity contribution in [2.45, 2.75) is 44.6 Å². The second-order valence-corrected chi connectivity index (χ2v) is 6.24. The number of hydrogen-bond donors (Lipinski definition) is 0. The van der Waals surface area contributed by atoms with Gasteiger partial charge in [-0.1, -0.05) is 37.3 Å². The summed E-state index contributed by atoms with van der Waals surface area (Å²) in [6, 6.07) is 5.77. The van der Waals surface area contributed by atoms with Gasteiger partial charge in [0.2, 0.25) is 0 Å². The van der Waals surface area contributed by atoms with Crippen LogP contribution >= 0.6 is 11.6 Å². The fourth-order valence-electron chi connectivity index (χ4n) is 2.99. The molecule has 1 aromatic carbocycles. The van der Waals surface area contributed by atoms with Crippen LogP contribution in [-0.4, -0.2) is 37.4 Å². The van der Waals surface area contributed by atoms with Crippen LogP contribution in [0.4, 0.5) is 0 Å². The second kappa shape index (κ2) is 7.81. The Morgan fingerprint density at radius 2 is 1.95 bits per heavy atom. The number of hydrogen-bond acceptors (Lipinski definition) is 3. The molecule has 0 spiro atoms. The lowest BCUT2D eigenvalue weighted by Gasteiger charge is -2.26. The summed E-state index contributed by atoms with van der Waals surface area (Å²) >= 11 is 6.09. The summed E-state index contributed by atoms with van der Waals surface area (Å²) < 4.78 is 5.12. The van der Waals surface area contributed by atoms with E-state index in [1.165, 1.54) is 38.5 Å². The highest BCUT2D eigenvalue weighted by atomic mass is 35.5. The fourth-order valence-corrected chi connectivity index (χ4v) is 3.24. The van der Waals surface area contributed by atoms with Gasteiger partial charge in [-0.2, -0.15) is 0 Å². The fraction of sp³-hybridized carbons (Fsp3) is 0.588. The van der Waals surface area contributed by atoms with Crippen LogP contribution in [0.3, 0.4) is 0 Å². The Kier molecular flexibility index (Phi) is 6.07. The monoisotopic (exact) mass is 309 g/mol. The number of methoxy groups -OCH3 is 1. The third kappa shape index (κ3) is 4.45. The smallest absolute Gasteiger partial charge is 0.176 e. The van der Waals surface area contributed by atoms with Crippen LogP contribution in [0, 0.1) is 0 Å². The Morgan fingerprint density at radius 1 is 1.29 bits per heavy atom. The van der Waals surface area contributed by atoms with E-state index in [2.05, 4.69) is 11.9 Å². The Balaban J connectivity index is 1.98. The van der Waals surface area contributed by atoms with Crippen LogP contribution < -0.4 is 4.74 Å². The third-order valence-electron chi connectivity index (χ3n) is 4.31. The highest BCUT2D eigenvalue weighted by Gasteiger charge is 2.20. The van der Waals surface area contributed by atoms with Crippen LogP contribution in [0.5, 0.6) is 5.75 Å². The molecule has 0 N–H and O–H groups in total. The standard InChI is InChI=1S/C17H24ClNO2/c1-19(14-7-5-3-4-6-8-14)12-16(20)13-9-10-17(21-2)15(18)11-13/h9-11,14H,3-8,12H2,1-2H3. The molecule has 21 heavy (non-hydrogen) atoms. The molecule has 0 amide bonds. The predicted octanol–water partition coefficient (Wildman–Crippen LogP) is 4.19. The SMILES string of the molecule is COc1ccc(C(=O)CN(C)C2CCCCCC2)cc1Cl. The molecule has 0 unspecified atom stereocenters. The van der Waals surface area contributed by atoms with E-state index in [9.17, 15) is 4.79 Å². The molecular formula is C17H24ClNO2. The van der Waals surface area contributed by atoms with Crippen LogP contribution in [0.1, 0.15) is 48.9 Å². The Bertz CT molecular complexity index is 482. The summed E-state index contributed by atoms with van der Waals surface area (Å²) in [5, 5.41) is 0.487. The highest BCUT2D eigenvalue weighted by molar-refractivity contribution is 6.32. The molecule has 1 aliphatic carbocycles. The van der Waals surface area contributed by atoms with Gasteiger partial charge >= 0.3 is 0 Å². The maximum Gasteiger partial charge on any atom is 0.176 e. The molecule has 3 nitrogen and oxygen atoms in total. The molecule has 0 radical (unpaired) electrons. The molecule has 1 saturated carbocycles. The number of nitrogens with zero attached hydrogens (tertiary/aromatic N) is 1. The molecule has 1 fully saturated rings. The van der Waals surface area contributed by atoms with Gasteiger partial charge < -0.3 is 4.74 Å². The van der Waals surface area contributed by atoms with Gasteiger partial charge in [-0.25, -0.2) is 0 Å². The van der Waals surface area contributed by atoms with Gasteiger partial charge in [-0.15, -0.1) is 0 Å². The van der Waals surface area contributed by atoms with Crippen LogP contribution in [0.2, 0.25) is 5.02 Å². The molecular weight excluding hydrogens is 286 g/mol. The Labute approximate surface area is 132 Å². The van der Waals surface area contributed by atoms with Gasteiger partial charge in [0.25, 0.3) is 0 Å². The third-order valence-corrected chi connectivity index (χ3v) is 4.61. The zero-order valence-electron chi connectivity index (χ0n) is 12.9.